The van der Waals surface area contributed by atoms with Gasteiger partial charge in [0.05, 0.1) is 10.9 Å². The molecule has 5 atom stereocenters. The van der Waals surface area contributed by atoms with E-state index < -0.39 is 24.5 Å². The molecule has 27 heavy (non-hydrogen) atoms. The Morgan fingerprint density at radius 3 is 2.93 bits per heavy atom. The van der Waals surface area contributed by atoms with E-state index in [0.717, 1.165) is 28.0 Å². The maximum absolute atomic E-state index is 10.7. The van der Waals surface area contributed by atoms with Crippen molar-refractivity contribution in [1.82, 2.24) is 14.5 Å². The summed E-state index contributed by atoms with van der Waals surface area (Å²) in [7, 11) is 0. The Bertz CT molecular complexity index is 1030. The van der Waals surface area contributed by atoms with Gasteiger partial charge in [-0.25, -0.2) is 9.97 Å². The predicted octanol–water partition coefficient (Wildman–Crippen LogP) is 3.00. The smallest absolute Gasteiger partial charge is 0.164 e. The molecule has 2 aliphatic heterocycles. The second-order valence-electron chi connectivity index (χ2n) is 6.97. The maximum atomic E-state index is 10.7. The van der Waals surface area contributed by atoms with Crippen molar-refractivity contribution < 1.29 is 14.9 Å². The van der Waals surface area contributed by atoms with E-state index in [9.17, 15) is 10.2 Å². The molecule has 2 N–H and O–H groups in total. The van der Waals surface area contributed by atoms with Crippen LogP contribution in [0.4, 0.5) is 0 Å². The lowest BCUT2D eigenvalue weighted by molar-refractivity contribution is -0.0348. The van der Waals surface area contributed by atoms with Gasteiger partial charge in [0.2, 0.25) is 0 Å². The molecule has 0 spiro atoms. The van der Waals surface area contributed by atoms with Gasteiger partial charge in [-0.3, -0.25) is 0 Å². The van der Waals surface area contributed by atoms with E-state index in [1.807, 2.05) is 37.4 Å². The molecule has 5 rings (SSSR count). The largest absolute Gasteiger partial charge is 0.387 e. The number of rotatable bonds is 2. The van der Waals surface area contributed by atoms with Crippen molar-refractivity contribution in [1.29, 1.82) is 0 Å². The number of benzene rings is 1. The summed E-state index contributed by atoms with van der Waals surface area (Å²) >= 11 is 7.79. The topological polar surface area (TPSA) is 80.4 Å². The molecule has 0 saturated carbocycles. The third-order valence-electron chi connectivity index (χ3n) is 5.39. The summed E-state index contributed by atoms with van der Waals surface area (Å²) in [4.78, 5) is 8.53. The summed E-state index contributed by atoms with van der Waals surface area (Å²) in [5.74, 6) is 0.812. The molecule has 3 aromatic rings. The van der Waals surface area contributed by atoms with Gasteiger partial charge in [-0.2, -0.15) is 0 Å². The monoisotopic (exact) mass is 403 g/mol. The zero-order valence-electron chi connectivity index (χ0n) is 14.5. The van der Waals surface area contributed by atoms with Crippen LogP contribution < -0.4 is 0 Å². The zero-order chi connectivity index (χ0) is 18.7. The highest BCUT2D eigenvalue weighted by Gasteiger charge is 2.49. The Morgan fingerprint density at radius 2 is 2.07 bits per heavy atom. The van der Waals surface area contributed by atoms with Gasteiger partial charge in [0.1, 0.15) is 30.3 Å². The van der Waals surface area contributed by atoms with Crippen molar-refractivity contribution in [3.63, 3.8) is 0 Å². The van der Waals surface area contributed by atoms with Gasteiger partial charge in [-0.1, -0.05) is 17.7 Å². The number of thioether (sulfide) groups is 1. The van der Waals surface area contributed by atoms with Crippen LogP contribution in [0.15, 0.2) is 36.8 Å². The Kier molecular flexibility index (Phi) is 4.18. The van der Waals surface area contributed by atoms with Crippen molar-refractivity contribution in [3.8, 4) is 0 Å². The number of fused-ring (bicyclic) bond motifs is 2. The van der Waals surface area contributed by atoms with Gasteiger partial charge in [0.25, 0.3) is 0 Å². The van der Waals surface area contributed by atoms with E-state index in [4.69, 9.17) is 16.3 Å². The number of aliphatic hydroxyl groups excluding tert-OH is 2. The number of hydrogen-bond acceptors (Lipinski definition) is 6. The van der Waals surface area contributed by atoms with Gasteiger partial charge in [-0.05, 0) is 36.2 Å². The fourth-order valence-electron chi connectivity index (χ4n) is 3.99. The predicted molar refractivity (Wildman–Crippen MR) is 104 cm³/mol. The first kappa shape index (κ1) is 17.5. The van der Waals surface area contributed by atoms with E-state index >= 15 is 0 Å². The number of aromatic nitrogens is 3. The first-order valence-corrected chi connectivity index (χ1v) is 10.2. The van der Waals surface area contributed by atoms with Crippen molar-refractivity contribution in [2.75, 3.05) is 0 Å². The third kappa shape index (κ3) is 2.68. The van der Waals surface area contributed by atoms with Crippen LogP contribution in [0.25, 0.3) is 11.0 Å². The fourth-order valence-corrected chi connectivity index (χ4v) is 5.61. The summed E-state index contributed by atoms with van der Waals surface area (Å²) in [6.07, 6.45) is 0.0695. The highest BCUT2D eigenvalue weighted by Crippen LogP contribution is 2.50. The van der Waals surface area contributed by atoms with Crippen LogP contribution in [-0.2, 0) is 10.5 Å². The molecular formula is C19H18ClN3O3S. The minimum absolute atomic E-state index is 0.0508. The molecule has 6 nitrogen and oxygen atoms in total. The van der Waals surface area contributed by atoms with Crippen molar-refractivity contribution in [3.05, 3.63) is 58.6 Å². The molecule has 0 radical (unpaired) electrons. The summed E-state index contributed by atoms with van der Waals surface area (Å²) in [5.41, 5.74) is 3.81. The fraction of sp³-hybridized carbons (Fsp3) is 0.368. The molecule has 0 amide bonds. The van der Waals surface area contributed by atoms with Crippen LogP contribution >= 0.6 is 23.4 Å². The lowest BCUT2D eigenvalue weighted by Crippen LogP contribution is -2.33. The SMILES string of the molecule is Cc1ncnc2c1ccn2[C@@H]1O[C@H]([C@@H]2SCc3cc(Cl)ccc32)[C@@H](O)[C@H]1O. The normalized spacial score (nSPS) is 30.1. The molecule has 140 valence electrons. The van der Waals surface area contributed by atoms with Gasteiger partial charge >= 0.3 is 0 Å². The van der Waals surface area contributed by atoms with Crippen LogP contribution in [0, 0.1) is 6.92 Å². The van der Waals surface area contributed by atoms with Crippen molar-refractivity contribution in [2.24, 2.45) is 0 Å². The average molecular weight is 404 g/mol. The molecule has 0 unspecified atom stereocenters. The number of aryl methyl sites for hydroxylation is 1. The number of nitrogens with zero attached hydrogens (tertiary/aromatic N) is 3. The molecule has 4 heterocycles. The van der Waals surface area contributed by atoms with Gasteiger partial charge in [0.15, 0.2) is 6.23 Å². The van der Waals surface area contributed by atoms with Gasteiger partial charge in [-0.15, -0.1) is 11.8 Å². The standard InChI is InChI=1S/C19H18ClN3O3S/c1-9-12-4-5-23(18(12)22-8-21-9)19-15(25)14(24)16(26-19)17-13-3-2-11(20)6-10(13)7-27-17/h2-6,8,14-17,19,24-25H,7H2,1H3/t14-,15+,16-,17+,19+/m0/s1. The highest BCUT2D eigenvalue weighted by atomic mass is 35.5. The van der Waals surface area contributed by atoms with Crippen LogP contribution in [0.2, 0.25) is 5.02 Å². The van der Waals surface area contributed by atoms with Crippen molar-refractivity contribution >= 4 is 34.4 Å². The third-order valence-corrected chi connectivity index (χ3v) is 6.98. The van der Waals surface area contributed by atoms with Crippen LogP contribution in [0.3, 0.4) is 0 Å². The van der Waals surface area contributed by atoms with Gasteiger partial charge < -0.3 is 19.5 Å². The number of aliphatic hydroxyl groups is 2. The molecule has 8 heteroatoms. The zero-order valence-corrected chi connectivity index (χ0v) is 16.1. The second-order valence-corrected chi connectivity index (χ2v) is 8.53. The summed E-state index contributed by atoms with van der Waals surface area (Å²) in [6, 6.07) is 7.70. The van der Waals surface area contributed by atoms with Crippen molar-refractivity contribution in [2.45, 2.75) is 42.5 Å². The van der Waals surface area contributed by atoms with E-state index in [2.05, 4.69) is 9.97 Å². The second kappa shape index (κ2) is 6.46. The maximum Gasteiger partial charge on any atom is 0.164 e. The van der Waals surface area contributed by atoms with E-state index in [0.29, 0.717) is 10.7 Å². The quantitative estimate of drug-likeness (QED) is 0.684. The first-order chi connectivity index (χ1) is 13.0. The molecule has 0 aliphatic carbocycles. The van der Waals surface area contributed by atoms with Crippen LogP contribution in [0.1, 0.15) is 28.3 Å². The van der Waals surface area contributed by atoms with Crippen LogP contribution in [-0.4, -0.2) is 43.1 Å². The molecule has 2 aliphatic rings. The lowest BCUT2D eigenvalue weighted by atomic mass is 9.98. The van der Waals surface area contributed by atoms with E-state index in [-0.39, 0.29) is 5.25 Å². The van der Waals surface area contributed by atoms with Gasteiger partial charge in [0, 0.05) is 22.4 Å². The molecule has 2 aromatic heterocycles. The highest BCUT2D eigenvalue weighted by molar-refractivity contribution is 7.99. The number of hydrogen-bond donors (Lipinski definition) is 2. The molecule has 1 saturated heterocycles. The van der Waals surface area contributed by atoms with E-state index in [1.54, 1.807) is 16.3 Å². The molecular weight excluding hydrogens is 386 g/mol. The van der Waals surface area contributed by atoms with Crippen LogP contribution in [0.5, 0.6) is 0 Å². The van der Waals surface area contributed by atoms with E-state index in [1.165, 1.54) is 6.33 Å². The Hall–Kier alpha value is -1.64. The molecule has 0 bridgehead atoms. The number of ether oxygens (including phenoxy) is 1. The first-order valence-electron chi connectivity index (χ1n) is 8.74. The summed E-state index contributed by atoms with van der Waals surface area (Å²) < 4.78 is 7.98. The lowest BCUT2D eigenvalue weighted by Gasteiger charge is -2.22. The molecule has 1 fully saturated rings. The Labute approximate surface area is 165 Å². The average Bonchev–Trinajstić information content (AvgIpc) is 3.33. The summed E-state index contributed by atoms with van der Waals surface area (Å²) in [5, 5.41) is 23.0. The Morgan fingerprint density at radius 1 is 1.22 bits per heavy atom. The summed E-state index contributed by atoms with van der Waals surface area (Å²) in [6.45, 7) is 1.91. The Balaban J connectivity index is 1.49. The minimum atomic E-state index is -1.04. The minimum Gasteiger partial charge on any atom is -0.387 e. The number of halogens is 1. The molecule has 1 aromatic carbocycles.